The smallest absolute Gasteiger partial charge is 0.231 e. The highest BCUT2D eigenvalue weighted by molar-refractivity contribution is 7.14. The number of carbonyl (C=O) groups is 1. The topological polar surface area (TPSA) is 78.9 Å². The zero-order valence-corrected chi connectivity index (χ0v) is 15.6. The molecular weight excluding hydrogens is 380 g/mol. The Hall–Kier alpha value is -3.26. The molecule has 0 bridgehead atoms. The third-order valence-electron chi connectivity index (χ3n) is 4.50. The van der Waals surface area contributed by atoms with Crippen LogP contribution in [0.15, 0.2) is 41.8 Å². The Bertz CT molecular complexity index is 1050. The van der Waals surface area contributed by atoms with Gasteiger partial charge in [-0.15, -0.1) is 11.3 Å². The van der Waals surface area contributed by atoms with E-state index in [1.165, 1.54) is 11.3 Å². The first-order valence-electron chi connectivity index (χ1n) is 8.78. The fraction of sp³-hybridized carbons (Fsp3) is 0.200. The summed E-state index contributed by atoms with van der Waals surface area (Å²) in [5, 5.41) is 5.34. The lowest BCUT2D eigenvalue weighted by Gasteiger charge is -2.04. The standard InChI is InChI=1S/C20H16N2O5S/c23-19(6-2-12-1-4-15-17(7-12)26-10-24-15)22-20-21-14(9-28-20)13-3-5-16-18(8-13)27-11-25-16/h1,3-5,7-9H,2,6,10-11H2,(H,21,22,23). The van der Waals surface area contributed by atoms with Crippen molar-refractivity contribution in [2.24, 2.45) is 0 Å². The minimum atomic E-state index is -0.0794. The number of aromatic nitrogens is 1. The van der Waals surface area contributed by atoms with Gasteiger partial charge < -0.3 is 24.3 Å². The summed E-state index contributed by atoms with van der Waals surface area (Å²) in [4.78, 5) is 16.8. The third kappa shape index (κ3) is 3.34. The molecule has 1 aromatic heterocycles. The molecule has 7 nitrogen and oxygen atoms in total. The van der Waals surface area contributed by atoms with Crippen molar-refractivity contribution in [3.05, 3.63) is 47.3 Å². The van der Waals surface area contributed by atoms with Crippen molar-refractivity contribution in [2.45, 2.75) is 12.8 Å². The lowest BCUT2D eigenvalue weighted by Crippen LogP contribution is -2.12. The molecule has 0 saturated heterocycles. The number of ether oxygens (including phenoxy) is 4. The molecule has 3 heterocycles. The molecular formula is C20H16N2O5S. The predicted octanol–water partition coefficient (Wildman–Crippen LogP) is 3.84. The van der Waals surface area contributed by atoms with Crippen molar-refractivity contribution in [2.75, 3.05) is 18.9 Å². The predicted molar refractivity (Wildman–Crippen MR) is 103 cm³/mol. The first-order chi connectivity index (χ1) is 13.7. The molecule has 142 valence electrons. The third-order valence-corrected chi connectivity index (χ3v) is 5.25. The molecule has 5 rings (SSSR count). The molecule has 2 aliphatic heterocycles. The van der Waals surface area contributed by atoms with Crippen molar-refractivity contribution in [1.29, 1.82) is 0 Å². The summed E-state index contributed by atoms with van der Waals surface area (Å²) in [7, 11) is 0. The Morgan fingerprint density at radius 2 is 1.68 bits per heavy atom. The number of carbonyl (C=O) groups excluding carboxylic acids is 1. The number of aryl methyl sites for hydroxylation is 1. The lowest BCUT2D eigenvalue weighted by atomic mass is 10.1. The Balaban J connectivity index is 1.20. The largest absolute Gasteiger partial charge is 0.454 e. The van der Waals surface area contributed by atoms with Crippen LogP contribution < -0.4 is 24.3 Å². The number of rotatable bonds is 5. The Labute approximate surface area is 164 Å². The molecule has 1 amide bonds. The van der Waals surface area contributed by atoms with Crippen LogP contribution in [0.25, 0.3) is 11.3 Å². The van der Waals surface area contributed by atoms with E-state index in [4.69, 9.17) is 18.9 Å². The fourth-order valence-corrected chi connectivity index (χ4v) is 3.79. The number of amides is 1. The molecule has 2 aromatic carbocycles. The van der Waals surface area contributed by atoms with Gasteiger partial charge in [-0.05, 0) is 42.3 Å². The number of thiazole rings is 1. The molecule has 28 heavy (non-hydrogen) atoms. The van der Waals surface area contributed by atoms with Gasteiger partial charge in [-0.2, -0.15) is 0 Å². The normalized spacial score (nSPS) is 13.6. The van der Waals surface area contributed by atoms with Crippen molar-refractivity contribution < 1.29 is 23.7 Å². The molecule has 1 N–H and O–H groups in total. The van der Waals surface area contributed by atoms with Crippen LogP contribution in [0.1, 0.15) is 12.0 Å². The number of nitrogens with one attached hydrogen (secondary N) is 1. The van der Waals surface area contributed by atoms with Crippen LogP contribution in [0.2, 0.25) is 0 Å². The maximum absolute atomic E-state index is 12.3. The first kappa shape index (κ1) is 16.9. The molecule has 0 radical (unpaired) electrons. The molecule has 3 aromatic rings. The quantitative estimate of drug-likeness (QED) is 0.706. The summed E-state index contributed by atoms with van der Waals surface area (Å²) in [5.41, 5.74) is 2.73. The van der Waals surface area contributed by atoms with E-state index in [9.17, 15) is 4.79 Å². The molecule has 0 atom stereocenters. The van der Waals surface area contributed by atoms with E-state index in [-0.39, 0.29) is 19.5 Å². The van der Waals surface area contributed by atoms with Crippen LogP contribution in [0, 0.1) is 0 Å². The van der Waals surface area contributed by atoms with Gasteiger partial charge in [0.15, 0.2) is 28.1 Å². The average molecular weight is 396 g/mol. The summed E-state index contributed by atoms with van der Waals surface area (Å²) >= 11 is 1.39. The van der Waals surface area contributed by atoms with Crippen LogP contribution in [-0.4, -0.2) is 24.5 Å². The van der Waals surface area contributed by atoms with Crippen molar-refractivity contribution in [3.8, 4) is 34.3 Å². The van der Waals surface area contributed by atoms with Gasteiger partial charge in [0, 0.05) is 17.4 Å². The number of nitrogens with zero attached hydrogens (tertiary/aromatic N) is 1. The summed E-state index contributed by atoms with van der Waals surface area (Å²) in [5.74, 6) is 2.83. The number of benzene rings is 2. The van der Waals surface area contributed by atoms with Gasteiger partial charge in [0.1, 0.15) is 0 Å². The molecule has 0 spiro atoms. The molecule has 0 aliphatic carbocycles. The highest BCUT2D eigenvalue weighted by atomic mass is 32.1. The van der Waals surface area contributed by atoms with Crippen LogP contribution in [0.5, 0.6) is 23.0 Å². The number of fused-ring (bicyclic) bond motifs is 2. The van der Waals surface area contributed by atoms with E-state index >= 15 is 0 Å². The van der Waals surface area contributed by atoms with Gasteiger partial charge in [-0.3, -0.25) is 4.79 Å². The van der Waals surface area contributed by atoms with E-state index in [0.29, 0.717) is 23.7 Å². The lowest BCUT2D eigenvalue weighted by molar-refractivity contribution is -0.116. The van der Waals surface area contributed by atoms with E-state index in [1.54, 1.807) is 0 Å². The number of anilines is 1. The summed E-state index contributed by atoms with van der Waals surface area (Å²) in [6.07, 6.45) is 0.974. The zero-order valence-electron chi connectivity index (χ0n) is 14.8. The number of hydrogen-bond donors (Lipinski definition) is 1. The van der Waals surface area contributed by atoms with Gasteiger partial charge in [0.05, 0.1) is 5.69 Å². The van der Waals surface area contributed by atoms with Crippen molar-refractivity contribution >= 4 is 22.4 Å². The van der Waals surface area contributed by atoms with Crippen molar-refractivity contribution in [1.82, 2.24) is 4.98 Å². The van der Waals surface area contributed by atoms with Gasteiger partial charge in [-0.1, -0.05) is 6.07 Å². The number of hydrogen-bond acceptors (Lipinski definition) is 7. The van der Waals surface area contributed by atoms with Crippen LogP contribution in [0.3, 0.4) is 0 Å². The first-order valence-corrected chi connectivity index (χ1v) is 9.66. The minimum Gasteiger partial charge on any atom is -0.454 e. The highest BCUT2D eigenvalue weighted by Crippen LogP contribution is 2.36. The molecule has 2 aliphatic rings. The molecule has 0 saturated carbocycles. The summed E-state index contributed by atoms with van der Waals surface area (Å²) in [6.45, 7) is 0.482. The fourth-order valence-electron chi connectivity index (χ4n) is 3.06. The minimum absolute atomic E-state index is 0.0794. The Morgan fingerprint density at radius 1 is 0.964 bits per heavy atom. The van der Waals surface area contributed by atoms with Gasteiger partial charge in [0.25, 0.3) is 0 Å². The second-order valence-corrected chi connectivity index (χ2v) is 7.20. The van der Waals surface area contributed by atoms with E-state index in [2.05, 4.69) is 10.3 Å². The molecule has 0 unspecified atom stereocenters. The van der Waals surface area contributed by atoms with Gasteiger partial charge >= 0.3 is 0 Å². The van der Waals surface area contributed by atoms with E-state index in [1.807, 2.05) is 41.8 Å². The highest BCUT2D eigenvalue weighted by Gasteiger charge is 2.16. The average Bonchev–Trinajstić information content (AvgIpc) is 3.45. The SMILES string of the molecule is O=C(CCc1ccc2c(c1)OCO2)Nc1nc(-c2ccc3c(c2)OCO3)cs1. The van der Waals surface area contributed by atoms with E-state index in [0.717, 1.165) is 34.1 Å². The van der Waals surface area contributed by atoms with E-state index < -0.39 is 0 Å². The van der Waals surface area contributed by atoms with Gasteiger partial charge in [0.2, 0.25) is 19.5 Å². The van der Waals surface area contributed by atoms with Gasteiger partial charge in [-0.25, -0.2) is 4.98 Å². The monoisotopic (exact) mass is 396 g/mol. The second-order valence-electron chi connectivity index (χ2n) is 6.34. The van der Waals surface area contributed by atoms with Crippen LogP contribution in [-0.2, 0) is 11.2 Å². The Kier molecular flexibility index (Phi) is 4.25. The zero-order chi connectivity index (χ0) is 18.9. The van der Waals surface area contributed by atoms with Crippen molar-refractivity contribution in [3.63, 3.8) is 0 Å². The summed E-state index contributed by atoms with van der Waals surface area (Å²) in [6, 6.07) is 11.4. The summed E-state index contributed by atoms with van der Waals surface area (Å²) < 4.78 is 21.4. The Morgan fingerprint density at radius 3 is 2.50 bits per heavy atom. The maximum atomic E-state index is 12.3. The molecule has 0 fully saturated rings. The second kappa shape index (κ2) is 7.05. The maximum Gasteiger partial charge on any atom is 0.231 e. The molecule has 8 heteroatoms. The van der Waals surface area contributed by atoms with Crippen LogP contribution >= 0.6 is 11.3 Å². The van der Waals surface area contributed by atoms with Crippen LogP contribution in [0.4, 0.5) is 5.13 Å².